The minimum Gasteiger partial charge on any atom is -0.491 e. The maximum absolute atomic E-state index is 13.4. The minimum absolute atomic E-state index is 0.184. The lowest BCUT2D eigenvalue weighted by Gasteiger charge is -2.34. The molecule has 2 atom stereocenters. The monoisotopic (exact) mass is 514 g/mol. The van der Waals surface area contributed by atoms with Crippen LogP contribution in [0.25, 0.3) is 16.7 Å². The van der Waals surface area contributed by atoms with Crippen LogP contribution in [0, 0.1) is 0 Å². The summed E-state index contributed by atoms with van der Waals surface area (Å²) >= 11 is 0. The number of rotatable bonds is 7. The number of fused-ring (bicyclic) bond motifs is 2. The zero-order valence-corrected chi connectivity index (χ0v) is 20.9. The maximum Gasteiger partial charge on any atom is 0.274 e. The average molecular weight is 515 g/mol. The second kappa shape index (κ2) is 8.55. The largest absolute Gasteiger partial charge is 0.491 e. The number of aliphatic hydroxyl groups excluding tert-OH is 1. The summed E-state index contributed by atoms with van der Waals surface area (Å²) in [7, 11) is 3.38. The molecule has 2 N–H and O–H groups in total. The Morgan fingerprint density at radius 3 is 2.74 bits per heavy atom. The summed E-state index contributed by atoms with van der Waals surface area (Å²) in [6.07, 6.45) is 13.3. The number of nitrogens with zero attached hydrogens (tertiary/aromatic N) is 7. The highest BCUT2D eigenvalue weighted by atomic mass is 16.5. The van der Waals surface area contributed by atoms with Crippen LogP contribution < -0.4 is 20.3 Å². The molecule has 2 unspecified atom stereocenters. The number of aliphatic hydroxyl groups is 1. The Morgan fingerprint density at radius 1 is 1.13 bits per heavy atom. The average Bonchev–Trinajstić information content (AvgIpc) is 3.63. The Morgan fingerprint density at radius 2 is 2.00 bits per heavy atom. The summed E-state index contributed by atoms with van der Waals surface area (Å²) in [6, 6.07) is 1.71. The van der Waals surface area contributed by atoms with E-state index in [1.165, 1.54) is 0 Å². The topological polar surface area (TPSA) is 134 Å². The van der Waals surface area contributed by atoms with E-state index in [1.807, 2.05) is 19.3 Å². The molecule has 5 aromatic heterocycles. The van der Waals surface area contributed by atoms with Gasteiger partial charge in [-0.05, 0) is 43.2 Å². The molecule has 0 aliphatic heterocycles. The van der Waals surface area contributed by atoms with Gasteiger partial charge in [0.05, 0.1) is 37.8 Å². The van der Waals surface area contributed by atoms with E-state index in [0.29, 0.717) is 57.9 Å². The van der Waals surface area contributed by atoms with Gasteiger partial charge in [0.25, 0.3) is 5.56 Å². The Hall–Kier alpha value is -4.45. The fraction of sp³-hybridized carbons (Fsp3) is 0.346. The van der Waals surface area contributed by atoms with Gasteiger partial charge in [-0.25, -0.2) is 9.50 Å². The number of anilines is 2. The van der Waals surface area contributed by atoms with Gasteiger partial charge in [-0.2, -0.15) is 10.1 Å². The van der Waals surface area contributed by atoms with Crippen LogP contribution in [0.2, 0.25) is 0 Å². The number of imidazole rings is 1. The molecule has 0 aromatic carbocycles. The molecule has 194 valence electrons. The van der Waals surface area contributed by atoms with Crippen LogP contribution in [0.3, 0.4) is 0 Å². The van der Waals surface area contributed by atoms with Crippen LogP contribution in [0.4, 0.5) is 11.6 Å². The van der Waals surface area contributed by atoms with Crippen molar-refractivity contribution < 1.29 is 14.6 Å². The predicted octanol–water partition coefficient (Wildman–Crippen LogP) is 3.29. The Balaban J connectivity index is 1.28. The standard InChI is InChI=1S/C26H26N8O4/c1-32-22-23(37-2)21(38-20-12-29-34-8-7-27-10-18(20)34)11-28-24(22)31-26(32)30-16-9-15(14-3-4-14)13-33(25(16)36)17-5-6-19(17)35/h7-14,17,19,35H,3-6H2,1-2H3,(H,28,30,31). The molecule has 0 amide bonds. The number of methoxy groups -OCH3 is 1. The summed E-state index contributed by atoms with van der Waals surface area (Å²) < 4.78 is 17.0. The highest BCUT2D eigenvalue weighted by Crippen LogP contribution is 2.42. The molecule has 0 radical (unpaired) electrons. The van der Waals surface area contributed by atoms with Crippen molar-refractivity contribution in [3.05, 3.63) is 59.2 Å². The van der Waals surface area contributed by atoms with Crippen LogP contribution in [0.5, 0.6) is 17.2 Å². The minimum atomic E-state index is -0.499. The van der Waals surface area contributed by atoms with E-state index in [2.05, 4.69) is 25.4 Å². The molecule has 5 aromatic rings. The molecule has 2 aliphatic rings. The number of nitrogens with one attached hydrogen (secondary N) is 1. The van der Waals surface area contributed by atoms with Crippen molar-refractivity contribution in [2.24, 2.45) is 7.05 Å². The van der Waals surface area contributed by atoms with Crippen molar-refractivity contribution in [1.82, 2.24) is 33.7 Å². The Labute approximate surface area is 216 Å². The number of hydrogen-bond acceptors (Lipinski definition) is 9. The molecule has 12 nitrogen and oxygen atoms in total. The van der Waals surface area contributed by atoms with Crippen LogP contribution >= 0.6 is 0 Å². The number of aryl methyl sites for hydroxylation is 1. The molecule has 0 bridgehead atoms. The van der Waals surface area contributed by atoms with E-state index in [1.54, 1.807) is 51.7 Å². The lowest BCUT2D eigenvalue weighted by molar-refractivity contribution is 0.0299. The highest BCUT2D eigenvalue weighted by Gasteiger charge is 2.33. The molecule has 2 saturated carbocycles. The van der Waals surface area contributed by atoms with Gasteiger partial charge in [0, 0.05) is 25.6 Å². The summed E-state index contributed by atoms with van der Waals surface area (Å²) in [5.74, 6) is 2.23. The van der Waals surface area contributed by atoms with Gasteiger partial charge in [0.15, 0.2) is 22.9 Å². The normalized spacial score (nSPS) is 19.0. The van der Waals surface area contributed by atoms with Gasteiger partial charge in [-0.1, -0.05) is 0 Å². The molecule has 2 aliphatic carbocycles. The van der Waals surface area contributed by atoms with Crippen molar-refractivity contribution in [2.45, 2.75) is 43.7 Å². The fourth-order valence-corrected chi connectivity index (χ4v) is 5.02. The van der Waals surface area contributed by atoms with E-state index in [-0.39, 0.29) is 11.6 Å². The van der Waals surface area contributed by atoms with E-state index in [0.717, 1.165) is 24.8 Å². The van der Waals surface area contributed by atoms with Crippen molar-refractivity contribution >= 4 is 28.3 Å². The number of hydrogen-bond donors (Lipinski definition) is 2. The van der Waals surface area contributed by atoms with E-state index < -0.39 is 6.10 Å². The molecule has 2 fully saturated rings. The molecule has 0 saturated heterocycles. The zero-order valence-electron chi connectivity index (χ0n) is 20.9. The van der Waals surface area contributed by atoms with Crippen LogP contribution in [-0.2, 0) is 7.05 Å². The number of aromatic nitrogens is 7. The first-order valence-electron chi connectivity index (χ1n) is 12.6. The first kappa shape index (κ1) is 22.7. The van der Waals surface area contributed by atoms with Gasteiger partial charge in [0.2, 0.25) is 5.95 Å². The first-order chi connectivity index (χ1) is 18.5. The van der Waals surface area contributed by atoms with Crippen molar-refractivity contribution in [1.29, 1.82) is 0 Å². The van der Waals surface area contributed by atoms with E-state index >= 15 is 0 Å². The number of ether oxygens (including phenoxy) is 2. The van der Waals surface area contributed by atoms with Crippen LogP contribution in [-0.4, -0.2) is 52.0 Å². The van der Waals surface area contributed by atoms with E-state index in [9.17, 15) is 9.90 Å². The van der Waals surface area contributed by atoms with Gasteiger partial charge >= 0.3 is 0 Å². The van der Waals surface area contributed by atoms with Crippen molar-refractivity contribution in [2.75, 3.05) is 12.4 Å². The second-order valence-corrected chi connectivity index (χ2v) is 9.85. The maximum atomic E-state index is 13.4. The van der Waals surface area contributed by atoms with Gasteiger partial charge in [-0.3, -0.25) is 9.78 Å². The molecule has 5 heterocycles. The third-order valence-electron chi connectivity index (χ3n) is 7.45. The Kier molecular flexibility index (Phi) is 5.11. The quantitative estimate of drug-likeness (QED) is 0.336. The summed E-state index contributed by atoms with van der Waals surface area (Å²) in [4.78, 5) is 26.7. The summed E-state index contributed by atoms with van der Waals surface area (Å²) in [5.41, 5.74) is 3.07. The SMILES string of the molecule is COc1c(Oc2cnn3ccncc23)cnc2nc(Nc3cc(C4CC4)cn(C4CCC4O)c3=O)n(C)c12. The van der Waals surface area contributed by atoms with E-state index in [4.69, 9.17) is 9.47 Å². The zero-order chi connectivity index (χ0) is 26.0. The lowest BCUT2D eigenvalue weighted by atomic mass is 9.88. The first-order valence-corrected chi connectivity index (χ1v) is 12.6. The highest BCUT2D eigenvalue weighted by molar-refractivity contribution is 5.85. The molecule has 12 heteroatoms. The summed E-state index contributed by atoms with van der Waals surface area (Å²) in [5, 5.41) is 17.8. The molecule has 38 heavy (non-hydrogen) atoms. The summed E-state index contributed by atoms with van der Waals surface area (Å²) in [6.45, 7) is 0. The van der Waals surface area contributed by atoms with Crippen molar-refractivity contribution in [3.8, 4) is 17.2 Å². The number of pyridine rings is 2. The van der Waals surface area contributed by atoms with Gasteiger partial charge in [-0.15, -0.1) is 0 Å². The molecular formula is C26H26N8O4. The fourth-order valence-electron chi connectivity index (χ4n) is 5.02. The predicted molar refractivity (Wildman–Crippen MR) is 138 cm³/mol. The van der Waals surface area contributed by atoms with Gasteiger partial charge < -0.3 is 29.0 Å². The smallest absolute Gasteiger partial charge is 0.274 e. The van der Waals surface area contributed by atoms with Crippen LogP contribution in [0.15, 0.2) is 48.0 Å². The van der Waals surface area contributed by atoms with Crippen LogP contribution in [0.1, 0.15) is 43.2 Å². The Bertz CT molecular complexity index is 1750. The van der Waals surface area contributed by atoms with Gasteiger partial charge in [0.1, 0.15) is 16.7 Å². The third-order valence-corrected chi connectivity index (χ3v) is 7.45. The molecule has 0 spiro atoms. The lowest BCUT2D eigenvalue weighted by Crippen LogP contribution is -2.39. The molecular weight excluding hydrogens is 488 g/mol. The second-order valence-electron chi connectivity index (χ2n) is 9.85. The molecule has 7 rings (SSSR count). The van der Waals surface area contributed by atoms with Crippen molar-refractivity contribution in [3.63, 3.8) is 0 Å². The third kappa shape index (κ3) is 3.59.